The maximum atomic E-state index is 2.54. The van der Waals surface area contributed by atoms with Crippen molar-refractivity contribution in [2.75, 3.05) is 9.80 Å². The zero-order chi connectivity index (χ0) is 68.2. The van der Waals surface area contributed by atoms with Crippen molar-refractivity contribution in [1.82, 2.24) is 0 Å². The van der Waals surface area contributed by atoms with Crippen LogP contribution >= 0.6 is 0 Å². The van der Waals surface area contributed by atoms with Gasteiger partial charge in [-0.15, -0.1) is 0 Å². The molecule has 0 heterocycles. The van der Waals surface area contributed by atoms with Gasteiger partial charge >= 0.3 is 0 Å². The predicted octanol–water partition coefficient (Wildman–Crippen LogP) is 27.8. The van der Waals surface area contributed by atoms with Crippen molar-refractivity contribution in [3.8, 4) is 11.1 Å². The van der Waals surface area contributed by atoms with E-state index in [9.17, 15) is 0 Å². The molecule has 0 aromatic heterocycles. The molecule has 100 heavy (non-hydrogen) atoms. The number of hydrogen-bond donors (Lipinski definition) is 0. The summed E-state index contributed by atoms with van der Waals surface area (Å²) in [4.78, 5) is 4.93. The standard InChI is InChI=1S/C66H62N2.C32H24/c1-45(2)47-27-35-53(36-28-47)67(55-39-31-51(32-40-55)65(5,6)49-19-11-9-12-20-49)63-43-61-58-24-16-18-26-60(58)64(44-62(61)57-23-15-17-25-59(57)63)68(54-37-29-48(30-38-54)46(3)4)56-41-33-52(34-42-56)66(7,8)50-21-13-10-14-22-50;1-2-8-24-20-25(18-17-22(24)7-1)31-26-9-3-5-11-28(26)32(29-12-6-4-10-27(29)31)30-19-21-13-15-23(30)16-14-21/h9-46H,1-8H3;1-13,15,17-21,23H,14,16H2. The minimum Gasteiger partial charge on any atom is -0.310 e. The van der Waals surface area contributed by atoms with Gasteiger partial charge in [-0.3, -0.25) is 0 Å². The number of anilines is 6. The monoisotopic (exact) mass is 1290 g/mol. The lowest BCUT2D eigenvalue weighted by Gasteiger charge is -2.32. The highest BCUT2D eigenvalue weighted by atomic mass is 15.2. The first-order valence-corrected chi connectivity index (χ1v) is 36.1. The first-order chi connectivity index (χ1) is 48.8. The Labute approximate surface area is 590 Å². The number of allylic oxidation sites excluding steroid dienone is 4. The molecule has 488 valence electrons. The van der Waals surface area contributed by atoms with Crippen LogP contribution in [0.25, 0.3) is 81.3 Å². The number of hydrogen-bond acceptors (Lipinski definition) is 2. The first kappa shape index (κ1) is 63.7. The van der Waals surface area contributed by atoms with Gasteiger partial charge < -0.3 is 9.80 Å². The summed E-state index contributed by atoms with van der Waals surface area (Å²) >= 11 is 0. The Kier molecular flexibility index (Phi) is 16.8. The highest BCUT2D eigenvalue weighted by molar-refractivity contribution is 6.25. The molecule has 0 saturated heterocycles. The van der Waals surface area contributed by atoms with Crippen molar-refractivity contribution in [3.05, 3.63) is 367 Å². The minimum atomic E-state index is -0.152. The van der Waals surface area contributed by atoms with Gasteiger partial charge in [0.1, 0.15) is 0 Å². The second-order valence-corrected chi connectivity index (χ2v) is 29.5. The van der Waals surface area contributed by atoms with Crippen molar-refractivity contribution in [2.45, 2.75) is 90.9 Å². The first-order valence-electron chi connectivity index (χ1n) is 36.1. The Morgan fingerprint density at radius 1 is 0.300 bits per heavy atom. The van der Waals surface area contributed by atoms with Gasteiger partial charge in [-0.25, -0.2) is 0 Å². The molecule has 2 bridgehead atoms. The largest absolute Gasteiger partial charge is 0.310 e. The maximum Gasteiger partial charge on any atom is 0.0546 e. The summed E-state index contributed by atoms with van der Waals surface area (Å²) in [5.74, 6) is 2.00. The lowest BCUT2D eigenvalue weighted by molar-refractivity contribution is 0.544. The third-order valence-electron chi connectivity index (χ3n) is 22.1. The molecule has 2 heteroatoms. The fourth-order valence-corrected chi connectivity index (χ4v) is 16.2. The Bertz CT molecular complexity index is 5290. The van der Waals surface area contributed by atoms with Gasteiger partial charge in [-0.2, -0.15) is 0 Å². The molecule has 0 N–H and O–H groups in total. The number of rotatable bonds is 14. The summed E-state index contributed by atoms with van der Waals surface area (Å²) in [6.45, 7) is 18.3. The fraction of sp³-hybridized carbons (Fsp3) is 0.163. The molecule has 0 fully saturated rings. The summed E-state index contributed by atoms with van der Waals surface area (Å²) < 4.78 is 0. The van der Waals surface area contributed by atoms with Gasteiger partial charge in [0, 0.05) is 50.3 Å². The molecule has 2 nitrogen and oxygen atoms in total. The van der Waals surface area contributed by atoms with E-state index in [0.29, 0.717) is 23.7 Å². The zero-order valence-electron chi connectivity index (χ0n) is 58.8. The van der Waals surface area contributed by atoms with Crippen molar-refractivity contribution in [1.29, 1.82) is 0 Å². The van der Waals surface area contributed by atoms with E-state index in [0.717, 1.165) is 34.1 Å². The van der Waals surface area contributed by atoms with E-state index in [1.54, 1.807) is 0 Å². The number of fused-ring (bicyclic) bond motifs is 9. The smallest absolute Gasteiger partial charge is 0.0546 e. The minimum absolute atomic E-state index is 0.152. The molecule has 3 aliphatic carbocycles. The summed E-state index contributed by atoms with van der Waals surface area (Å²) in [5.41, 5.74) is 19.9. The molecule has 0 amide bonds. The molecule has 18 rings (SSSR count). The van der Waals surface area contributed by atoms with E-state index in [4.69, 9.17) is 0 Å². The topological polar surface area (TPSA) is 6.48 Å². The number of nitrogens with zero attached hydrogens (tertiary/aromatic N) is 2. The SMILES string of the molecule is C1=CC2CCC1C=C2c1c2ccccc2c(-c2ccc3ccccc3c2)c2ccccc12.CC(C)c1ccc(N(c2ccc(C(C)(C)c3ccccc3)cc2)c2cc3c4ccccc4c(N(c4ccc(C(C)C)cc4)c4ccc(C(C)(C)c5ccccc5)cc4)cc3c3ccccc23)cc1. The van der Waals surface area contributed by atoms with Gasteiger partial charge in [-0.1, -0.05) is 316 Å². The molecular weight excluding hydrogens is 1210 g/mol. The highest BCUT2D eigenvalue weighted by Crippen LogP contribution is 2.51. The van der Waals surface area contributed by atoms with Crippen LogP contribution in [-0.2, 0) is 10.8 Å². The number of benzene rings is 15. The van der Waals surface area contributed by atoms with E-state index in [-0.39, 0.29) is 10.8 Å². The van der Waals surface area contributed by atoms with E-state index in [1.165, 1.54) is 133 Å². The van der Waals surface area contributed by atoms with Crippen LogP contribution in [0.3, 0.4) is 0 Å². The summed E-state index contributed by atoms with van der Waals surface area (Å²) in [5, 5.41) is 15.3. The van der Waals surface area contributed by atoms with E-state index in [2.05, 4.69) is 393 Å². The van der Waals surface area contributed by atoms with Crippen molar-refractivity contribution >= 4 is 104 Å². The molecule has 2 atom stereocenters. The third-order valence-corrected chi connectivity index (χ3v) is 22.1. The van der Waals surface area contributed by atoms with Gasteiger partial charge in [0.25, 0.3) is 0 Å². The van der Waals surface area contributed by atoms with Crippen LogP contribution in [0.4, 0.5) is 34.1 Å². The lowest BCUT2D eigenvalue weighted by atomic mass is 9.72. The molecule has 0 aliphatic heterocycles. The normalized spacial score (nSPS) is 14.5. The van der Waals surface area contributed by atoms with Gasteiger partial charge in [0.15, 0.2) is 0 Å². The van der Waals surface area contributed by atoms with Crippen LogP contribution in [-0.4, -0.2) is 0 Å². The molecule has 15 aromatic carbocycles. The van der Waals surface area contributed by atoms with Crippen LogP contribution in [0, 0.1) is 11.8 Å². The molecule has 0 saturated carbocycles. The highest BCUT2D eigenvalue weighted by Gasteiger charge is 2.31. The van der Waals surface area contributed by atoms with Gasteiger partial charge in [0.05, 0.1) is 11.4 Å². The molecule has 2 unspecified atom stereocenters. The van der Waals surface area contributed by atoms with Crippen molar-refractivity contribution < 1.29 is 0 Å². The van der Waals surface area contributed by atoms with Crippen LogP contribution in [0.5, 0.6) is 0 Å². The molecule has 0 spiro atoms. The van der Waals surface area contributed by atoms with Crippen LogP contribution in [0.1, 0.15) is 119 Å². The zero-order valence-corrected chi connectivity index (χ0v) is 58.8. The summed E-state index contributed by atoms with van der Waals surface area (Å²) in [6.07, 6.45) is 9.95. The third kappa shape index (κ3) is 11.6. The quantitative estimate of drug-likeness (QED) is 0.0608. The molecule has 15 aromatic rings. The van der Waals surface area contributed by atoms with Gasteiger partial charge in [0.2, 0.25) is 0 Å². The Hall–Kier alpha value is -11.1. The Morgan fingerprint density at radius 3 is 1.05 bits per heavy atom. The second-order valence-electron chi connectivity index (χ2n) is 29.5. The average molecular weight is 1290 g/mol. The fourth-order valence-electron chi connectivity index (χ4n) is 16.2. The van der Waals surface area contributed by atoms with Gasteiger partial charge in [-0.05, 0) is 207 Å². The van der Waals surface area contributed by atoms with Crippen molar-refractivity contribution in [2.24, 2.45) is 11.8 Å². The van der Waals surface area contributed by atoms with E-state index >= 15 is 0 Å². The van der Waals surface area contributed by atoms with Crippen LogP contribution in [0.2, 0.25) is 0 Å². The average Bonchev–Trinajstić information content (AvgIpc) is 0.731. The second kappa shape index (κ2) is 26.3. The molecular formula is C98H86N2. The molecule has 3 aliphatic rings. The Morgan fingerprint density at radius 2 is 0.660 bits per heavy atom. The maximum absolute atomic E-state index is 2.54. The summed E-state index contributed by atoms with van der Waals surface area (Å²) in [7, 11) is 0. The Balaban J connectivity index is 0.000000201. The molecule has 0 radical (unpaired) electrons. The van der Waals surface area contributed by atoms with Crippen molar-refractivity contribution in [3.63, 3.8) is 0 Å². The van der Waals surface area contributed by atoms with Crippen LogP contribution in [0.15, 0.2) is 328 Å². The lowest BCUT2D eigenvalue weighted by Crippen LogP contribution is -2.19. The van der Waals surface area contributed by atoms with E-state index < -0.39 is 0 Å². The van der Waals surface area contributed by atoms with E-state index in [1.807, 2.05) is 0 Å². The van der Waals surface area contributed by atoms with Crippen LogP contribution < -0.4 is 9.80 Å². The summed E-state index contributed by atoms with van der Waals surface area (Å²) in [6, 6.07) is 115. The predicted molar refractivity (Wildman–Crippen MR) is 431 cm³/mol.